The Morgan fingerprint density at radius 3 is 2.72 bits per heavy atom. The topological polar surface area (TPSA) is 21.3 Å². The van der Waals surface area contributed by atoms with Crippen LogP contribution in [0.5, 0.6) is 5.75 Å². The van der Waals surface area contributed by atoms with E-state index in [4.69, 9.17) is 16.3 Å². The molecule has 1 rings (SSSR count). The molecule has 0 aliphatic carbocycles. The summed E-state index contributed by atoms with van der Waals surface area (Å²) in [5.74, 6) is 0.0519. The van der Waals surface area contributed by atoms with Gasteiger partial charge in [-0.2, -0.15) is 0 Å². The third-order valence-electron chi connectivity index (χ3n) is 2.55. The highest BCUT2D eigenvalue weighted by atomic mass is 79.9. The van der Waals surface area contributed by atoms with Crippen LogP contribution in [0.2, 0.25) is 5.02 Å². The fraction of sp³-hybridized carbons (Fsp3) is 0.538. The molecule has 18 heavy (non-hydrogen) atoms. The van der Waals surface area contributed by atoms with Gasteiger partial charge in [0.05, 0.1) is 16.1 Å². The standard InChI is InChI=1S/C13H18BrClFNO/c1-17-6-4-2-3-5-7-18-13-9-12(16)11(15)8-10(13)14/h8-9,17H,2-7H2,1H3. The van der Waals surface area contributed by atoms with Gasteiger partial charge in [0, 0.05) is 6.07 Å². The van der Waals surface area contributed by atoms with Crippen LogP contribution in [0.4, 0.5) is 4.39 Å². The Bertz CT molecular complexity index is 376. The van der Waals surface area contributed by atoms with Crippen LogP contribution in [0.3, 0.4) is 0 Å². The largest absolute Gasteiger partial charge is 0.492 e. The van der Waals surface area contributed by atoms with Gasteiger partial charge < -0.3 is 10.1 Å². The number of nitrogens with one attached hydrogen (secondary N) is 1. The van der Waals surface area contributed by atoms with Crippen molar-refractivity contribution >= 4 is 27.5 Å². The second-order valence-electron chi connectivity index (χ2n) is 4.06. The first-order valence-corrected chi connectivity index (χ1v) is 7.24. The van der Waals surface area contributed by atoms with Crippen molar-refractivity contribution < 1.29 is 9.13 Å². The zero-order valence-corrected chi connectivity index (χ0v) is 12.8. The molecule has 1 aromatic carbocycles. The number of benzene rings is 1. The van der Waals surface area contributed by atoms with E-state index in [2.05, 4.69) is 21.2 Å². The minimum absolute atomic E-state index is 0.0984. The van der Waals surface area contributed by atoms with Crippen molar-refractivity contribution in [3.8, 4) is 5.75 Å². The van der Waals surface area contributed by atoms with Crippen LogP contribution in [0.15, 0.2) is 16.6 Å². The third kappa shape index (κ3) is 5.55. The van der Waals surface area contributed by atoms with Crippen LogP contribution < -0.4 is 10.1 Å². The van der Waals surface area contributed by atoms with E-state index in [9.17, 15) is 4.39 Å². The summed E-state index contributed by atoms with van der Waals surface area (Å²) in [7, 11) is 1.95. The van der Waals surface area contributed by atoms with Gasteiger partial charge in [0.15, 0.2) is 0 Å². The summed E-state index contributed by atoms with van der Waals surface area (Å²) in [6.07, 6.45) is 4.45. The summed E-state index contributed by atoms with van der Waals surface area (Å²) in [5.41, 5.74) is 0. The summed E-state index contributed by atoms with van der Waals surface area (Å²) >= 11 is 8.95. The molecule has 1 N–H and O–H groups in total. The molecule has 102 valence electrons. The normalized spacial score (nSPS) is 10.7. The lowest BCUT2D eigenvalue weighted by atomic mass is 10.2. The highest BCUT2D eigenvalue weighted by Gasteiger charge is 2.07. The maximum absolute atomic E-state index is 13.2. The Morgan fingerprint density at radius 2 is 2.00 bits per heavy atom. The summed E-state index contributed by atoms with van der Waals surface area (Å²) in [6, 6.07) is 2.83. The zero-order valence-electron chi connectivity index (χ0n) is 10.4. The molecule has 0 unspecified atom stereocenters. The molecule has 2 nitrogen and oxygen atoms in total. The molecule has 0 amide bonds. The number of rotatable bonds is 8. The van der Waals surface area contributed by atoms with Gasteiger partial charge in [-0.3, -0.25) is 0 Å². The van der Waals surface area contributed by atoms with Crippen LogP contribution >= 0.6 is 27.5 Å². The maximum atomic E-state index is 13.2. The number of hydrogen-bond donors (Lipinski definition) is 1. The lowest BCUT2D eigenvalue weighted by Gasteiger charge is -2.09. The Morgan fingerprint density at radius 1 is 1.28 bits per heavy atom. The first-order valence-electron chi connectivity index (χ1n) is 6.07. The highest BCUT2D eigenvalue weighted by molar-refractivity contribution is 9.10. The molecule has 0 saturated heterocycles. The molecule has 0 atom stereocenters. The van der Waals surface area contributed by atoms with Gasteiger partial charge in [-0.1, -0.05) is 24.4 Å². The monoisotopic (exact) mass is 337 g/mol. The van der Waals surface area contributed by atoms with Gasteiger partial charge in [-0.05, 0) is 48.4 Å². The van der Waals surface area contributed by atoms with Crippen LogP contribution in [0.25, 0.3) is 0 Å². The molecular weight excluding hydrogens is 321 g/mol. The van der Waals surface area contributed by atoms with E-state index in [1.54, 1.807) is 0 Å². The Hall–Kier alpha value is -0.320. The van der Waals surface area contributed by atoms with Gasteiger partial charge in [-0.25, -0.2) is 4.39 Å². The SMILES string of the molecule is CNCCCCCCOc1cc(F)c(Cl)cc1Br. The first kappa shape index (κ1) is 15.7. The molecule has 1 aromatic rings. The van der Waals surface area contributed by atoms with Gasteiger partial charge >= 0.3 is 0 Å². The summed E-state index contributed by atoms with van der Waals surface area (Å²) in [6.45, 7) is 1.65. The van der Waals surface area contributed by atoms with Crippen molar-refractivity contribution in [2.24, 2.45) is 0 Å². The van der Waals surface area contributed by atoms with Gasteiger partial charge in [0.1, 0.15) is 11.6 Å². The van der Waals surface area contributed by atoms with E-state index in [0.29, 0.717) is 16.8 Å². The molecule has 0 radical (unpaired) electrons. The quantitative estimate of drug-likeness (QED) is 0.560. The smallest absolute Gasteiger partial charge is 0.145 e. The summed E-state index contributed by atoms with van der Waals surface area (Å²) in [4.78, 5) is 0. The van der Waals surface area contributed by atoms with E-state index in [1.165, 1.54) is 25.0 Å². The van der Waals surface area contributed by atoms with Crippen LogP contribution in [-0.2, 0) is 0 Å². The van der Waals surface area contributed by atoms with Crippen molar-refractivity contribution in [2.75, 3.05) is 20.2 Å². The van der Waals surface area contributed by atoms with E-state index in [1.807, 2.05) is 7.05 Å². The first-order chi connectivity index (χ1) is 8.65. The average molecular weight is 339 g/mol. The summed E-state index contributed by atoms with van der Waals surface area (Å²) < 4.78 is 19.4. The molecular formula is C13H18BrClFNO. The van der Waals surface area contributed by atoms with E-state index in [-0.39, 0.29) is 5.02 Å². The number of halogens is 3. The third-order valence-corrected chi connectivity index (χ3v) is 3.46. The Labute approximate surface area is 121 Å². The molecule has 0 heterocycles. The molecule has 0 aromatic heterocycles. The number of unbranched alkanes of at least 4 members (excludes halogenated alkanes) is 3. The molecule has 0 aliphatic rings. The predicted molar refractivity (Wildman–Crippen MR) is 77.0 cm³/mol. The predicted octanol–water partition coefficient (Wildman–Crippen LogP) is 4.40. The second kappa shape index (κ2) is 8.73. The zero-order chi connectivity index (χ0) is 13.4. The maximum Gasteiger partial charge on any atom is 0.145 e. The average Bonchev–Trinajstić information content (AvgIpc) is 2.34. The Kier molecular flexibility index (Phi) is 7.63. The van der Waals surface area contributed by atoms with E-state index < -0.39 is 5.82 Å². The van der Waals surface area contributed by atoms with Crippen molar-refractivity contribution in [3.05, 3.63) is 27.4 Å². The highest BCUT2D eigenvalue weighted by Crippen LogP contribution is 2.30. The van der Waals surface area contributed by atoms with E-state index in [0.717, 1.165) is 19.4 Å². The van der Waals surface area contributed by atoms with Crippen LogP contribution in [0.1, 0.15) is 25.7 Å². The van der Waals surface area contributed by atoms with Crippen LogP contribution in [-0.4, -0.2) is 20.2 Å². The van der Waals surface area contributed by atoms with Crippen molar-refractivity contribution in [3.63, 3.8) is 0 Å². The van der Waals surface area contributed by atoms with Gasteiger partial charge in [0.2, 0.25) is 0 Å². The van der Waals surface area contributed by atoms with Crippen molar-refractivity contribution in [1.82, 2.24) is 5.32 Å². The summed E-state index contributed by atoms with van der Waals surface area (Å²) in [5, 5.41) is 3.21. The molecule has 0 spiro atoms. The van der Waals surface area contributed by atoms with Crippen LogP contribution in [0, 0.1) is 5.82 Å². The lowest BCUT2D eigenvalue weighted by Crippen LogP contribution is -2.07. The van der Waals surface area contributed by atoms with Crippen molar-refractivity contribution in [2.45, 2.75) is 25.7 Å². The minimum atomic E-state index is -0.455. The van der Waals surface area contributed by atoms with Gasteiger partial charge in [0.25, 0.3) is 0 Å². The molecule has 5 heteroatoms. The molecule has 0 saturated carbocycles. The number of hydrogen-bond acceptors (Lipinski definition) is 2. The Balaban J connectivity index is 2.25. The molecule has 0 aliphatic heterocycles. The number of ether oxygens (including phenoxy) is 1. The molecule has 0 bridgehead atoms. The van der Waals surface area contributed by atoms with Gasteiger partial charge in [-0.15, -0.1) is 0 Å². The molecule has 0 fully saturated rings. The minimum Gasteiger partial charge on any atom is -0.492 e. The fourth-order valence-electron chi connectivity index (χ4n) is 1.55. The van der Waals surface area contributed by atoms with Crippen molar-refractivity contribution in [1.29, 1.82) is 0 Å². The fourth-order valence-corrected chi connectivity index (χ4v) is 2.31. The lowest BCUT2D eigenvalue weighted by molar-refractivity contribution is 0.301. The second-order valence-corrected chi connectivity index (χ2v) is 5.32. The van der Waals surface area contributed by atoms with E-state index >= 15 is 0 Å².